The Morgan fingerprint density at radius 3 is 2.19 bits per heavy atom. The summed E-state index contributed by atoms with van der Waals surface area (Å²) in [5.74, 6) is -1.24. The molecule has 0 fully saturated rings. The number of rotatable bonds is 6. The summed E-state index contributed by atoms with van der Waals surface area (Å²) in [7, 11) is 0. The molecule has 3 aromatic rings. The van der Waals surface area contributed by atoms with Gasteiger partial charge in [-0.15, -0.1) is 0 Å². The summed E-state index contributed by atoms with van der Waals surface area (Å²) in [6.07, 6.45) is 0.722. The van der Waals surface area contributed by atoms with E-state index in [4.69, 9.17) is 0 Å². The van der Waals surface area contributed by atoms with Crippen LogP contribution in [0.3, 0.4) is 0 Å². The second-order valence-corrected chi connectivity index (χ2v) is 6.01. The fourth-order valence-corrected chi connectivity index (χ4v) is 2.63. The lowest BCUT2D eigenvalue weighted by Gasteiger charge is -2.09. The monoisotopic (exact) mass is 362 g/mol. The molecule has 4 nitrogen and oxygen atoms in total. The molecule has 0 unspecified atom stereocenters. The van der Waals surface area contributed by atoms with Gasteiger partial charge in [-0.1, -0.05) is 48.5 Å². The van der Waals surface area contributed by atoms with Crippen molar-refractivity contribution in [1.82, 2.24) is 5.32 Å². The normalized spacial score (nSPS) is 10.3. The molecule has 0 atom stereocenters. The third kappa shape index (κ3) is 5.01. The van der Waals surface area contributed by atoms with Crippen molar-refractivity contribution in [3.63, 3.8) is 0 Å². The van der Waals surface area contributed by atoms with E-state index in [1.54, 1.807) is 30.3 Å². The predicted molar refractivity (Wildman–Crippen MR) is 103 cm³/mol. The third-order valence-electron chi connectivity index (χ3n) is 4.05. The van der Waals surface area contributed by atoms with E-state index >= 15 is 0 Å². The first kappa shape index (κ1) is 18.3. The Morgan fingerprint density at radius 1 is 0.778 bits per heavy atom. The molecule has 3 aromatic carbocycles. The van der Waals surface area contributed by atoms with Crippen LogP contribution in [0.1, 0.15) is 26.3 Å². The van der Waals surface area contributed by atoms with E-state index in [1.165, 1.54) is 18.2 Å². The van der Waals surface area contributed by atoms with E-state index in [0.717, 1.165) is 12.0 Å². The topological polar surface area (TPSA) is 58.2 Å². The maximum atomic E-state index is 13.7. The Hall–Kier alpha value is -3.47. The summed E-state index contributed by atoms with van der Waals surface area (Å²) in [6, 6.07) is 22.1. The van der Waals surface area contributed by atoms with Gasteiger partial charge >= 0.3 is 0 Å². The zero-order valence-corrected chi connectivity index (χ0v) is 14.6. The van der Waals surface area contributed by atoms with Gasteiger partial charge in [-0.3, -0.25) is 9.59 Å². The Morgan fingerprint density at radius 2 is 1.44 bits per heavy atom. The lowest BCUT2D eigenvalue weighted by Crippen LogP contribution is -2.26. The molecule has 0 saturated heterocycles. The number of carbonyl (C=O) groups is 2. The van der Waals surface area contributed by atoms with Crippen LogP contribution in [0.5, 0.6) is 0 Å². The molecule has 0 aromatic heterocycles. The predicted octanol–water partition coefficient (Wildman–Crippen LogP) is 4.05. The number of carbonyl (C=O) groups excluding carboxylic acids is 2. The summed E-state index contributed by atoms with van der Waals surface area (Å²) in [5.41, 5.74) is 1.90. The van der Waals surface area contributed by atoms with Crippen LogP contribution in [0, 0.1) is 5.82 Å². The van der Waals surface area contributed by atoms with Gasteiger partial charge in [0.1, 0.15) is 5.82 Å². The number of benzene rings is 3. The summed E-state index contributed by atoms with van der Waals surface area (Å²) >= 11 is 0. The zero-order chi connectivity index (χ0) is 19.1. The molecule has 0 aliphatic carbocycles. The van der Waals surface area contributed by atoms with E-state index < -0.39 is 11.7 Å². The number of amides is 2. The average molecular weight is 362 g/mol. The van der Waals surface area contributed by atoms with Gasteiger partial charge in [-0.25, -0.2) is 4.39 Å². The quantitative estimate of drug-likeness (QED) is 0.695. The molecule has 0 aliphatic rings. The lowest BCUT2D eigenvalue weighted by molar-refractivity contribution is 0.0954. The number of nitrogens with one attached hydrogen (secondary N) is 2. The molecule has 0 bridgehead atoms. The van der Waals surface area contributed by atoms with Crippen molar-refractivity contribution in [3.8, 4) is 0 Å². The minimum absolute atomic E-state index is 0.0974. The molecule has 5 heteroatoms. The lowest BCUT2D eigenvalue weighted by atomic mass is 10.1. The summed E-state index contributed by atoms with van der Waals surface area (Å²) in [5, 5.41) is 5.35. The molecule has 0 saturated carbocycles. The minimum atomic E-state index is -0.513. The first-order valence-electron chi connectivity index (χ1n) is 8.61. The first-order valence-corrected chi connectivity index (χ1v) is 8.61. The zero-order valence-electron chi connectivity index (χ0n) is 14.6. The Kier molecular flexibility index (Phi) is 5.94. The van der Waals surface area contributed by atoms with Gasteiger partial charge in [0.2, 0.25) is 0 Å². The van der Waals surface area contributed by atoms with Crippen LogP contribution in [0.4, 0.5) is 10.1 Å². The highest BCUT2D eigenvalue weighted by Crippen LogP contribution is 2.14. The first-order chi connectivity index (χ1) is 13.1. The van der Waals surface area contributed by atoms with E-state index in [2.05, 4.69) is 10.6 Å². The number of anilines is 1. The molecule has 27 heavy (non-hydrogen) atoms. The highest BCUT2D eigenvalue weighted by Gasteiger charge is 2.12. The van der Waals surface area contributed by atoms with Gasteiger partial charge in [-0.2, -0.15) is 0 Å². The molecular formula is C22H19FN2O2. The molecular weight excluding hydrogens is 343 g/mol. The molecule has 0 spiro atoms. The molecule has 0 heterocycles. The van der Waals surface area contributed by atoms with E-state index in [1.807, 2.05) is 30.3 Å². The summed E-state index contributed by atoms with van der Waals surface area (Å²) in [4.78, 5) is 24.7. The average Bonchev–Trinajstić information content (AvgIpc) is 2.70. The standard InChI is InChI=1S/C22H19FN2O2/c23-19-11-4-5-12-20(19)25-22(27)18-10-6-9-17(15-18)21(26)24-14-13-16-7-2-1-3-8-16/h1-12,15H,13-14H2,(H,24,26)(H,25,27). The highest BCUT2D eigenvalue weighted by atomic mass is 19.1. The smallest absolute Gasteiger partial charge is 0.255 e. The van der Waals surface area contributed by atoms with Crippen molar-refractivity contribution in [2.24, 2.45) is 0 Å². The molecule has 0 aliphatic heterocycles. The number of para-hydroxylation sites is 1. The second kappa shape index (κ2) is 8.76. The Labute approximate surface area is 157 Å². The van der Waals surface area contributed by atoms with E-state index in [-0.39, 0.29) is 17.2 Å². The number of halogens is 1. The fraction of sp³-hybridized carbons (Fsp3) is 0.0909. The highest BCUT2D eigenvalue weighted by molar-refractivity contribution is 6.06. The van der Waals surface area contributed by atoms with Crippen LogP contribution in [0.15, 0.2) is 78.9 Å². The largest absolute Gasteiger partial charge is 0.352 e. The van der Waals surface area contributed by atoms with Crippen LogP contribution in [-0.2, 0) is 6.42 Å². The molecule has 3 rings (SSSR count). The second-order valence-electron chi connectivity index (χ2n) is 6.01. The van der Waals surface area contributed by atoms with Gasteiger partial charge in [0.25, 0.3) is 11.8 Å². The van der Waals surface area contributed by atoms with Crippen molar-refractivity contribution in [1.29, 1.82) is 0 Å². The van der Waals surface area contributed by atoms with Gasteiger partial charge in [0.15, 0.2) is 0 Å². The van der Waals surface area contributed by atoms with Crippen LogP contribution >= 0.6 is 0 Å². The van der Waals surface area contributed by atoms with Crippen molar-refractivity contribution in [2.45, 2.75) is 6.42 Å². The third-order valence-corrected chi connectivity index (χ3v) is 4.05. The number of hydrogen-bond acceptors (Lipinski definition) is 2. The molecule has 136 valence electrons. The molecule has 2 amide bonds. The maximum Gasteiger partial charge on any atom is 0.255 e. The number of hydrogen-bond donors (Lipinski definition) is 2. The summed E-state index contributed by atoms with van der Waals surface area (Å²) in [6.45, 7) is 0.495. The van der Waals surface area contributed by atoms with E-state index in [0.29, 0.717) is 12.1 Å². The Bertz CT molecular complexity index is 942. The molecule has 2 N–H and O–H groups in total. The van der Waals surface area contributed by atoms with Gasteiger partial charge in [0.05, 0.1) is 5.69 Å². The van der Waals surface area contributed by atoms with Gasteiger partial charge in [0, 0.05) is 17.7 Å². The van der Waals surface area contributed by atoms with Crippen LogP contribution in [0.25, 0.3) is 0 Å². The summed E-state index contributed by atoms with van der Waals surface area (Å²) < 4.78 is 13.7. The Balaban J connectivity index is 1.61. The SMILES string of the molecule is O=C(NCCc1ccccc1)c1cccc(C(=O)Nc2ccccc2F)c1. The minimum Gasteiger partial charge on any atom is -0.352 e. The van der Waals surface area contributed by atoms with Gasteiger partial charge in [-0.05, 0) is 42.3 Å². The van der Waals surface area contributed by atoms with Gasteiger partial charge < -0.3 is 10.6 Å². The van der Waals surface area contributed by atoms with E-state index in [9.17, 15) is 14.0 Å². The fourth-order valence-electron chi connectivity index (χ4n) is 2.63. The van der Waals surface area contributed by atoms with Crippen molar-refractivity contribution >= 4 is 17.5 Å². The maximum absolute atomic E-state index is 13.7. The van der Waals surface area contributed by atoms with Crippen LogP contribution in [0.2, 0.25) is 0 Å². The van der Waals surface area contributed by atoms with Crippen LogP contribution in [-0.4, -0.2) is 18.4 Å². The van der Waals surface area contributed by atoms with Crippen LogP contribution < -0.4 is 10.6 Å². The van der Waals surface area contributed by atoms with Crippen molar-refractivity contribution < 1.29 is 14.0 Å². The molecule has 0 radical (unpaired) electrons. The van der Waals surface area contributed by atoms with Crippen molar-refractivity contribution in [3.05, 3.63) is 101 Å². The van der Waals surface area contributed by atoms with Crippen molar-refractivity contribution in [2.75, 3.05) is 11.9 Å².